The average molecular weight is 551 g/mol. The molecule has 0 atom stereocenters. The maximum atomic E-state index is 5.81. The Morgan fingerprint density at radius 3 is 1.75 bits per heavy atom. The lowest BCUT2D eigenvalue weighted by Crippen LogP contribution is -1.82. The van der Waals surface area contributed by atoms with Crippen molar-refractivity contribution in [3.8, 4) is 0 Å². The number of benzene rings is 3. The van der Waals surface area contributed by atoms with E-state index in [0.29, 0.717) is 0 Å². The van der Waals surface area contributed by atoms with Crippen molar-refractivity contribution in [3.05, 3.63) is 135 Å². The molecule has 0 amide bonds. The number of pyridine rings is 2. The molecule has 0 saturated heterocycles. The molecule has 3 aromatic heterocycles. The summed E-state index contributed by atoms with van der Waals surface area (Å²) in [5, 5.41) is 3.31. The Morgan fingerprint density at radius 1 is 0.575 bits per heavy atom. The van der Waals surface area contributed by atoms with Gasteiger partial charge >= 0.3 is 0 Å². The highest BCUT2D eigenvalue weighted by Crippen LogP contribution is 2.16. The van der Waals surface area contributed by atoms with Crippen LogP contribution in [0.1, 0.15) is 44.9 Å². The molecule has 0 aliphatic heterocycles. The van der Waals surface area contributed by atoms with Gasteiger partial charge in [0.2, 0.25) is 0 Å². The zero-order chi connectivity index (χ0) is 29.2. The largest absolute Gasteiger partial charge is 0.348 e. The highest BCUT2D eigenvalue weighted by atomic mass is 35.5. The Balaban J connectivity index is 0.000000150. The Labute approximate surface area is 243 Å². The number of aromatic nitrogens is 4. The summed E-state index contributed by atoms with van der Waals surface area (Å²) in [6.07, 6.45) is 3.60. The number of aryl methyl sites for hydroxylation is 8. The van der Waals surface area contributed by atoms with Gasteiger partial charge in [-0.3, -0.25) is 9.97 Å². The van der Waals surface area contributed by atoms with E-state index in [4.69, 9.17) is 11.6 Å². The molecule has 0 aliphatic rings. The minimum atomic E-state index is 0.856. The Kier molecular flexibility index (Phi) is 11.0. The Hall–Kier alpha value is -4.02. The molecule has 6 rings (SSSR count). The lowest BCUT2D eigenvalue weighted by Gasteiger charge is -1.99. The maximum absolute atomic E-state index is 5.81. The van der Waals surface area contributed by atoms with Crippen LogP contribution >= 0.6 is 11.6 Å². The second-order valence-corrected chi connectivity index (χ2v) is 10.6. The van der Waals surface area contributed by atoms with E-state index in [1.807, 2.05) is 59.0 Å². The maximum Gasteiger partial charge on any atom is 0.0925 e. The Bertz CT molecular complexity index is 1610. The highest BCUT2D eigenvalue weighted by molar-refractivity contribution is 6.31. The van der Waals surface area contributed by atoms with Gasteiger partial charge in [0.15, 0.2) is 0 Å². The molecule has 5 heteroatoms. The number of imidazole rings is 1. The van der Waals surface area contributed by atoms with Gasteiger partial charge < -0.3 is 4.98 Å². The molecule has 0 radical (unpaired) electrons. The van der Waals surface area contributed by atoms with E-state index in [2.05, 4.69) is 95.3 Å². The summed E-state index contributed by atoms with van der Waals surface area (Å²) in [5.41, 5.74) is 11.6. The van der Waals surface area contributed by atoms with Gasteiger partial charge in [-0.1, -0.05) is 53.1 Å². The van der Waals surface area contributed by atoms with Crippen molar-refractivity contribution < 1.29 is 0 Å². The fraction of sp³-hybridized carbons (Fsp3) is 0.229. The van der Waals surface area contributed by atoms with E-state index in [1.165, 1.54) is 33.0 Å². The summed E-state index contributed by atoms with van der Waals surface area (Å²) in [6, 6.07) is 25.0. The van der Waals surface area contributed by atoms with E-state index in [0.717, 1.165) is 38.7 Å². The molecule has 0 bridgehead atoms. The average Bonchev–Trinajstić information content (AvgIpc) is 3.29. The van der Waals surface area contributed by atoms with E-state index in [1.54, 1.807) is 6.33 Å². The van der Waals surface area contributed by atoms with Crippen LogP contribution in [0.15, 0.2) is 85.3 Å². The number of nitrogens with one attached hydrogen (secondary N) is 1. The number of hydrogen-bond acceptors (Lipinski definition) is 3. The van der Waals surface area contributed by atoms with Crippen molar-refractivity contribution >= 4 is 33.4 Å². The molecule has 1 N–H and O–H groups in total. The molecule has 6 aromatic rings. The summed E-state index contributed by atoms with van der Waals surface area (Å²) in [5.74, 6) is 0. The fourth-order valence-electron chi connectivity index (χ4n) is 3.83. The van der Waals surface area contributed by atoms with E-state index in [-0.39, 0.29) is 0 Å². The first kappa shape index (κ1) is 30.5. The third-order valence-electron chi connectivity index (χ3n) is 6.37. The van der Waals surface area contributed by atoms with Crippen molar-refractivity contribution in [2.24, 2.45) is 0 Å². The van der Waals surface area contributed by atoms with Gasteiger partial charge in [0.1, 0.15) is 0 Å². The lowest BCUT2D eigenvalue weighted by molar-refractivity contribution is 1.22. The number of hydrogen-bond donors (Lipinski definition) is 1. The smallest absolute Gasteiger partial charge is 0.0925 e. The van der Waals surface area contributed by atoms with Crippen LogP contribution < -0.4 is 0 Å². The second kappa shape index (κ2) is 14.4. The van der Waals surface area contributed by atoms with Crippen molar-refractivity contribution in [2.45, 2.75) is 55.4 Å². The quantitative estimate of drug-likeness (QED) is 0.205. The number of nitrogens with zero attached hydrogens (tertiary/aromatic N) is 3. The van der Waals surface area contributed by atoms with Gasteiger partial charge in [-0.15, -0.1) is 0 Å². The van der Waals surface area contributed by atoms with E-state index >= 15 is 0 Å². The van der Waals surface area contributed by atoms with E-state index < -0.39 is 0 Å². The number of fused-ring (bicyclic) bond motifs is 2. The van der Waals surface area contributed by atoms with Crippen LogP contribution in [0.5, 0.6) is 0 Å². The molecule has 206 valence electrons. The molecular weight excluding hydrogens is 512 g/mol. The van der Waals surface area contributed by atoms with Gasteiger partial charge in [-0.05, 0) is 115 Å². The molecule has 40 heavy (non-hydrogen) atoms. The van der Waals surface area contributed by atoms with Crippen LogP contribution in [-0.4, -0.2) is 19.9 Å². The van der Waals surface area contributed by atoms with Gasteiger partial charge in [-0.2, -0.15) is 0 Å². The predicted molar refractivity (Wildman–Crippen MR) is 171 cm³/mol. The van der Waals surface area contributed by atoms with Crippen LogP contribution in [0.2, 0.25) is 5.02 Å². The standard InChI is InChI=1S/2C11H11N.C8H9Cl.C5H8N2/c1-8-3-6-11-10(7-8)5-4-9(2)12-11;1-8-3-4-11-10(5-8)6-9(2)7-12-11;1-6-3-4-7(2)8(9)5-6;1-4-5(2)7-3-6-4/h2*3-7H,1-2H3;3-5H,1-2H3;3H,1-2H3,(H,6,7). The van der Waals surface area contributed by atoms with Crippen molar-refractivity contribution in [2.75, 3.05) is 0 Å². The van der Waals surface area contributed by atoms with Crippen LogP contribution in [0.25, 0.3) is 21.8 Å². The summed E-state index contributed by atoms with van der Waals surface area (Å²) in [7, 11) is 0. The molecule has 0 spiro atoms. The third-order valence-corrected chi connectivity index (χ3v) is 6.77. The molecular formula is C35H39ClN4. The molecule has 0 saturated carbocycles. The second-order valence-electron chi connectivity index (χ2n) is 10.2. The Morgan fingerprint density at radius 2 is 1.18 bits per heavy atom. The van der Waals surface area contributed by atoms with Gasteiger partial charge in [0.05, 0.1) is 23.1 Å². The zero-order valence-electron chi connectivity index (χ0n) is 24.8. The van der Waals surface area contributed by atoms with Crippen LogP contribution in [0.3, 0.4) is 0 Å². The number of halogens is 1. The topological polar surface area (TPSA) is 54.5 Å². The van der Waals surface area contributed by atoms with Crippen LogP contribution in [0, 0.1) is 55.4 Å². The zero-order valence-corrected chi connectivity index (χ0v) is 25.6. The first-order valence-electron chi connectivity index (χ1n) is 13.4. The van der Waals surface area contributed by atoms with Crippen LogP contribution in [-0.2, 0) is 0 Å². The molecule has 3 heterocycles. The normalized spacial score (nSPS) is 10.1. The minimum absolute atomic E-state index is 0.856. The molecule has 0 fully saturated rings. The predicted octanol–water partition coefficient (Wildman–Crippen LogP) is 9.69. The summed E-state index contributed by atoms with van der Waals surface area (Å²) in [4.78, 5) is 15.7. The van der Waals surface area contributed by atoms with E-state index in [9.17, 15) is 0 Å². The van der Waals surface area contributed by atoms with Crippen molar-refractivity contribution in [1.82, 2.24) is 19.9 Å². The number of rotatable bonds is 0. The SMILES string of the molecule is Cc1ccc(C)c(Cl)c1.Cc1ccc2nc(C)ccc2c1.Cc1ccc2ncc(C)cc2c1.Cc1nc[nH]c1C. The first-order chi connectivity index (χ1) is 19.0. The van der Waals surface area contributed by atoms with Gasteiger partial charge in [0.25, 0.3) is 0 Å². The third kappa shape index (κ3) is 9.32. The molecule has 0 aliphatic carbocycles. The molecule has 3 aromatic carbocycles. The highest BCUT2D eigenvalue weighted by Gasteiger charge is 1.95. The lowest BCUT2D eigenvalue weighted by atomic mass is 10.1. The van der Waals surface area contributed by atoms with Crippen molar-refractivity contribution in [3.63, 3.8) is 0 Å². The van der Waals surface area contributed by atoms with Crippen molar-refractivity contribution in [1.29, 1.82) is 0 Å². The van der Waals surface area contributed by atoms with Gasteiger partial charge in [0, 0.05) is 33.4 Å². The minimum Gasteiger partial charge on any atom is -0.348 e. The van der Waals surface area contributed by atoms with Crippen LogP contribution in [0.4, 0.5) is 0 Å². The summed E-state index contributed by atoms with van der Waals surface area (Å²) in [6.45, 7) is 16.3. The monoisotopic (exact) mass is 550 g/mol. The van der Waals surface area contributed by atoms with Gasteiger partial charge in [-0.25, -0.2) is 4.98 Å². The molecule has 0 unspecified atom stereocenters. The summed E-state index contributed by atoms with van der Waals surface area (Å²) >= 11 is 5.81. The molecule has 4 nitrogen and oxygen atoms in total. The first-order valence-corrected chi connectivity index (χ1v) is 13.8. The fourth-order valence-corrected chi connectivity index (χ4v) is 4.07. The summed E-state index contributed by atoms with van der Waals surface area (Å²) < 4.78 is 0. The number of aromatic amines is 1. The number of H-pyrrole nitrogens is 1.